The Morgan fingerprint density at radius 3 is 2.62 bits per heavy atom. The van der Waals surface area contributed by atoms with Gasteiger partial charge in [-0.05, 0) is 37.7 Å². The van der Waals surface area contributed by atoms with Gasteiger partial charge in [-0.15, -0.1) is 0 Å². The van der Waals surface area contributed by atoms with Gasteiger partial charge in [-0.1, -0.05) is 30.3 Å². The number of anilines is 1. The number of nitrogens with two attached hydrogens (primary N) is 1. The maximum Gasteiger partial charge on any atom is 0.293 e. The van der Waals surface area contributed by atoms with Crippen LogP contribution in [0.15, 0.2) is 48.5 Å². The van der Waals surface area contributed by atoms with Crippen LogP contribution in [0.3, 0.4) is 0 Å². The molecule has 0 heterocycles. The third kappa shape index (κ3) is 5.54. The number of carbonyl (C=O) groups excluding carboxylic acids is 1. The summed E-state index contributed by atoms with van der Waals surface area (Å²) in [7, 11) is 2.03. The summed E-state index contributed by atoms with van der Waals surface area (Å²) in [6, 6.07) is 14.2. The number of nitro benzene ring substituents is 1. The number of carbonyl (C=O) groups is 1. The van der Waals surface area contributed by atoms with Gasteiger partial charge in [0.2, 0.25) is 0 Å². The van der Waals surface area contributed by atoms with Gasteiger partial charge in [-0.25, -0.2) is 0 Å². The Morgan fingerprint density at radius 2 is 1.96 bits per heavy atom. The van der Waals surface area contributed by atoms with E-state index in [2.05, 4.69) is 27.8 Å². The number of nitrogens with zero attached hydrogens (tertiary/aromatic N) is 2. The van der Waals surface area contributed by atoms with E-state index in [-0.39, 0.29) is 17.3 Å². The second-order valence-electron chi connectivity index (χ2n) is 5.97. The zero-order valence-corrected chi connectivity index (χ0v) is 14.6. The quantitative estimate of drug-likeness (QED) is 0.274. The van der Waals surface area contributed by atoms with Crippen molar-refractivity contribution in [2.75, 3.05) is 25.6 Å². The largest absolute Gasteiger partial charge is 0.352 e. The van der Waals surface area contributed by atoms with Gasteiger partial charge in [0.25, 0.3) is 11.6 Å². The molecule has 8 heteroatoms. The minimum Gasteiger partial charge on any atom is -0.352 e. The third-order valence-corrected chi connectivity index (χ3v) is 3.91. The Balaban J connectivity index is 1.79. The summed E-state index contributed by atoms with van der Waals surface area (Å²) in [5, 5.41) is 13.7. The van der Waals surface area contributed by atoms with Gasteiger partial charge in [0.15, 0.2) is 0 Å². The average Bonchev–Trinajstić information content (AvgIpc) is 2.65. The molecule has 26 heavy (non-hydrogen) atoms. The molecule has 1 amide bonds. The van der Waals surface area contributed by atoms with E-state index < -0.39 is 4.92 Å². The fourth-order valence-corrected chi connectivity index (χ4v) is 2.58. The lowest BCUT2D eigenvalue weighted by Gasteiger charge is -2.16. The highest BCUT2D eigenvalue weighted by Gasteiger charge is 2.16. The molecule has 0 spiro atoms. The smallest absolute Gasteiger partial charge is 0.293 e. The Labute approximate surface area is 152 Å². The van der Waals surface area contributed by atoms with Crippen molar-refractivity contribution in [3.05, 3.63) is 69.8 Å². The molecular formula is C18H23N5O3. The fraction of sp³-hybridized carbons (Fsp3) is 0.278. The summed E-state index contributed by atoms with van der Waals surface area (Å²) in [5.41, 5.74) is 3.74. The molecule has 2 aromatic carbocycles. The van der Waals surface area contributed by atoms with E-state index in [0.717, 1.165) is 19.5 Å². The van der Waals surface area contributed by atoms with Gasteiger partial charge in [0, 0.05) is 24.7 Å². The molecule has 0 saturated heterocycles. The number of rotatable bonds is 9. The summed E-state index contributed by atoms with van der Waals surface area (Å²) >= 11 is 0. The normalized spacial score (nSPS) is 10.6. The van der Waals surface area contributed by atoms with Crippen molar-refractivity contribution >= 4 is 17.3 Å². The van der Waals surface area contributed by atoms with Crippen LogP contribution in [0.4, 0.5) is 11.4 Å². The van der Waals surface area contributed by atoms with E-state index >= 15 is 0 Å². The Kier molecular flexibility index (Phi) is 7.07. The monoisotopic (exact) mass is 357 g/mol. The van der Waals surface area contributed by atoms with E-state index in [1.54, 1.807) is 0 Å². The lowest BCUT2D eigenvalue weighted by Crippen LogP contribution is -2.28. The highest BCUT2D eigenvalue weighted by atomic mass is 16.6. The summed E-state index contributed by atoms with van der Waals surface area (Å²) in [6.45, 7) is 2.20. The van der Waals surface area contributed by atoms with Crippen LogP contribution in [-0.4, -0.2) is 35.9 Å². The van der Waals surface area contributed by atoms with E-state index in [9.17, 15) is 14.9 Å². The van der Waals surface area contributed by atoms with Crippen LogP contribution < -0.4 is 16.6 Å². The van der Waals surface area contributed by atoms with Crippen LogP contribution in [0.2, 0.25) is 0 Å². The molecule has 0 bridgehead atoms. The first-order valence-corrected chi connectivity index (χ1v) is 8.27. The number of hydrazine groups is 1. The number of nitrogen functional groups attached to an aromatic ring is 1. The SMILES string of the molecule is CN(CCCNC(=O)c1ccc([N+](=O)[O-])c(NN)c1)Cc1ccccc1. The Hall–Kier alpha value is -2.97. The zero-order chi connectivity index (χ0) is 18.9. The topological polar surface area (TPSA) is 114 Å². The molecule has 8 nitrogen and oxygen atoms in total. The van der Waals surface area contributed by atoms with Gasteiger partial charge in [0.05, 0.1) is 4.92 Å². The number of nitrogens with one attached hydrogen (secondary N) is 2. The average molecular weight is 357 g/mol. The third-order valence-electron chi connectivity index (χ3n) is 3.91. The molecule has 0 aliphatic carbocycles. The van der Waals surface area contributed by atoms with E-state index in [1.807, 2.05) is 25.2 Å². The van der Waals surface area contributed by atoms with Crippen molar-refractivity contribution < 1.29 is 9.72 Å². The van der Waals surface area contributed by atoms with Crippen LogP contribution in [-0.2, 0) is 6.54 Å². The maximum atomic E-state index is 12.2. The predicted octanol–water partition coefficient (Wildman–Crippen LogP) is 2.13. The molecule has 138 valence electrons. The predicted molar refractivity (Wildman–Crippen MR) is 101 cm³/mol. The molecule has 2 rings (SSSR count). The molecule has 2 aromatic rings. The number of benzene rings is 2. The van der Waals surface area contributed by atoms with Gasteiger partial charge >= 0.3 is 0 Å². The maximum absolute atomic E-state index is 12.2. The van der Waals surface area contributed by atoms with Crippen molar-refractivity contribution in [3.63, 3.8) is 0 Å². The minimum atomic E-state index is -0.556. The molecule has 0 saturated carbocycles. The summed E-state index contributed by atoms with van der Waals surface area (Å²) in [6.07, 6.45) is 0.796. The van der Waals surface area contributed by atoms with Crippen LogP contribution in [0.25, 0.3) is 0 Å². The zero-order valence-electron chi connectivity index (χ0n) is 14.6. The van der Waals surface area contributed by atoms with Crippen molar-refractivity contribution in [2.24, 2.45) is 5.84 Å². The van der Waals surface area contributed by atoms with Gasteiger partial charge in [0.1, 0.15) is 5.69 Å². The van der Waals surface area contributed by atoms with Crippen LogP contribution >= 0.6 is 0 Å². The highest BCUT2D eigenvalue weighted by molar-refractivity contribution is 5.95. The standard InChI is InChI=1S/C18H23N5O3/c1-22(13-14-6-3-2-4-7-14)11-5-10-20-18(24)15-8-9-17(23(25)26)16(12-15)21-19/h2-4,6-9,12,21H,5,10-11,13,19H2,1H3,(H,20,24). The first-order valence-electron chi connectivity index (χ1n) is 8.27. The molecule has 4 N–H and O–H groups in total. The minimum absolute atomic E-state index is 0.102. The van der Waals surface area contributed by atoms with E-state index in [0.29, 0.717) is 12.1 Å². The molecule has 0 aliphatic rings. The second-order valence-corrected chi connectivity index (χ2v) is 5.97. The summed E-state index contributed by atoms with van der Waals surface area (Å²) in [5.74, 6) is 4.99. The molecular weight excluding hydrogens is 334 g/mol. The number of hydrogen-bond acceptors (Lipinski definition) is 6. The van der Waals surface area contributed by atoms with Crippen molar-refractivity contribution in [3.8, 4) is 0 Å². The number of hydrogen-bond donors (Lipinski definition) is 3. The molecule has 0 atom stereocenters. The van der Waals surface area contributed by atoms with Crippen LogP contribution in [0, 0.1) is 10.1 Å². The molecule has 0 fully saturated rings. The Morgan fingerprint density at radius 1 is 1.23 bits per heavy atom. The fourth-order valence-electron chi connectivity index (χ4n) is 2.58. The lowest BCUT2D eigenvalue weighted by atomic mass is 10.1. The molecule has 0 aliphatic heterocycles. The van der Waals surface area contributed by atoms with Gasteiger partial charge < -0.3 is 15.6 Å². The highest BCUT2D eigenvalue weighted by Crippen LogP contribution is 2.24. The first kappa shape index (κ1) is 19.4. The number of nitro groups is 1. The van der Waals surface area contributed by atoms with E-state index in [4.69, 9.17) is 5.84 Å². The van der Waals surface area contributed by atoms with Crippen molar-refractivity contribution in [1.82, 2.24) is 10.2 Å². The Bertz CT molecular complexity index is 752. The first-order chi connectivity index (χ1) is 12.5. The summed E-state index contributed by atoms with van der Waals surface area (Å²) in [4.78, 5) is 24.7. The van der Waals surface area contributed by atoms with Gasteiger partial charge in [-0.2, -0.15) is 0 Å². The lowest BCUT2D eigenvalue weighted by molar-refractivity contribution is -0.384. The number of amides is 1. The van der Waals surface area contributed by atoms with Crippen molar-refractivity contribution in [2.45, 2.75) is 13.0 Å². The molecule has 0 aromatic heterocycles. The molecule has 0 unspecified atom stereocenters. The van der Waals surface area contributed by atoms with Crippen LogP contribution in [0.1, 0.15) is 22.3 Å². The summed E-state index contributed by atoms with van der Waals surface area (Å²) < 4.78 is 0. The van der Waals surface area contributed by atoms with Crippen LogP contribution in [0.5, 0.6) is 0 Å². The van der Waals surface area contributed by atoms with E-state index in [1.165, 1.54) is 23.8 Å². The van der Waals surface area contributed by atoms with Crippen molar-refractivity contribution in [1.29, 1.82) is 0 Å². The van der Waals surface area contributed by atoms with Gasteiger partial charge in [-0.3, -0.25) is 20.8 Å². The molecule has 0 radical (unpaired) electrons. The second kappa shape index (κ2) is 9.50.